The summed E-state index contributed by atoms with van der Waals surface area (Å²) in [5.41, 5.74) is 0.292. The van der Waals surface area contributed by atoms with Crippen molar-refractivity contribution in [2.75, 3.05) is 4.90 Å². The first-order chi connectivity index (χ1) is 12.6. The van der Waals surface area contributed by atoms with Gasteiger partial charge in [-0.15, -0.1) is 0 Å². The zero-order valence-electron chi connectivity index (χ0n) is 13.4. The fourth-order valence-corrected chi connectivity index (χ4v) is 2.22. The Morgan fingerprint density at radius 3 is 2.12 bits per heavy atom. The van der Waals surface area contributed by atoms with E-state index in [1.807, 2.05) is 0 Å². The van der Waals surface area contributed by atoms with Crippen molar-refractivity contribution in [3.63, 3.8) is 0 Å². The summed E-state index contributed by atoms with van der Waals surface area (Å²) in [7, 11) is 0. The molecule has 0 unspecified atom stereocenters. The molecule has 0 aliphatic carbocycles. The van der Waals surface area contributed by atoms with Gasteiger partial charge in [-0.05, 0) is 30.3 Å². The molecule has 6 nitrogen and oxygen atoms in total. The molecular weight excluding hydrogens is 356 g/mol. The second kappa shape index (κ2) is 8.13. The van der Waals surface area contributed by atoms with Crippen LogP contribution in [-0.4, -0.2) is 17.2 Å². The highest BCUT2D eigenvalue weighted by Crippen LogP contribution is 2.20. The average molecular weight is 369 g/mol. The molecule has 26 heavy (non-hydrogen) atoms. The second-order valence-electron chi connectivity index (χ2n) is 5.03. The van der Waals surface area contributed by atoms with Gasteiger partial charge in [-0.25, -0.2) is 14.6 Å². The van der Waals surface area contributed by atoms with Crippen molar-refractivity contribution in [2.24, 2.45) is 0 Å². The first-order valence-electron chi connectivity index (χ1n) is 7.59. The Labute approximate surface area is 154 Å². The van der Waals surface area contributed by atoms with Gasteiger partial charge < -0.3 is 9.47 Å². The van der Waals surface area contributed by atoms with Crippen LogP contribution in [0.3, 0.4) is 0 Å². The lowest BCUT2D eigenvalue weighted by molar-refractivity contribution is 0.190. The monoisotopic (exact) mass is 368 g/mol. The molecule has 130 valence electrons. The molecule has 0 aliphatic rings. The van der Waals surface area contributed by atoms with E-state index in [0.29, 0.717) is 16.5 Å². The number of hydrogen-bond donors (Lipinski definition) is 0. The van der Waals surface area contributed by atoms with Crippen LogP contribution in [0.4, 0.5) is 15.3 Å². The zero-order chi connectivity index (χ0) is 18.4. The Morgan fingerprint density at radius 1 is 0.846 bits per heavy atom. The molecule has 0 spiro atoms. The zero-order valence-corrected chi connectivity index (χ0v) is 14.2. The van der Waals surface area contributed by atoms with Crippen molar-refractivity contribution < 1.29 is 19.1 Å². The number of ether oxygens (including phenoxy) is 2. The van der Waals surface area contributed by atoms with E-state index < -0.39 is 12.2 Å². The van der Waals surface area contributed by atoms with Crippen LogP contribution in [-0.2, 0) is 0 Å². The Hall–Kier alpha value is -3.38. The lowest BCUT2D eigenvalue weighted by atomic mass is 10.3. The number of carbonyl (C=O) groups excluding carboxylic acids is 2. The topological polar surface area (TPSA) is 68.7 Å². The third-order valence-corrected chi connectivity index (χ3v) is 3.45. The molecule has 0 N–H and O–H groups in total. The third-order valence-electron chi connectivity index (χ3n) is 3.22. The summed E-state index contributed by atoms with van der Waals surface area (Å²) in [5, 5.41) is 0.348. The van der Waals surface area contributed by atoms with Gasteiger partial charge in [0.1, 0.15) is 5.75 Å². The maximum absolute atomic E-state index is 12.6. The van der Waals surface area contributed by atoms with Crippen molar-refractivity contribution in [2.45, 2.75) is 0 Å². The number of rotatable bonds is 3. The minimum atomic E-state index is -0.966. The Kier molecular flexibility index (Phi) is 5.46. The van der Waals surface area contributed by atoms with E-state index in [0.717, 1.165) is 4.90 Å². The number of nitrogens with zero attached hydrogens (tertiary/aromatic N) is 2. The molecule has 0 saturated heterocycles. The third kappa shape index (κ3) is 4.37. The summed E-state index contributed by atoms with van der Waals surface area (Å²) in [6.07, 6.45) is -0.485. The Bertz CT molecular complexity index is 904. The fourth-order valence-electron chi connectivity index (χ4n) is 2.07. The lowest BCUT2D eigenvalue weighted by Gasteiger charge is -2.19. The van der Waals surface area contributed by atoms with Gasteiger partial charge >= 0.3 is 12.2 Å². The van der Waals surface area contributed by atoms with Crippen LogP contribution in [0.2, 0.25) is 5.02 Å². The molecule has 2 aromatic carbocycles. The van der Waals surface area contributed by atoms with E-state index in [9.17, 15) is 9.59 Å². The molecular formula is C19H13ClN2O4. The predicted octanol–water partition coefficient (Wildman–Crippen LogP) is 4.94. The van der Waals surface area contributed by atoms with E-state index in [-0.39, 0.29) is 5.88 Å². The van der Waals surface area contributed by atoms with Crippen LogP contribution in [0, 0.1) is 0 Å². The first kappa shape index (κ1) is 17.4. The van der Waals surface area contributed by atoms with Gasteiger partial charge in [0, 0.05) is 17.3 Å². The van der Waals surface area contributed by atoms with Crippen LogP contribution in [0.15, 0.2) is 79.0 Å². The molecule has 0 aliphatic heterocycles. The van der Waals surface area contributed by atoms with E-state index in [1.54, 1.807) is 60.7 Å². The fraction of sp³-hybridized carbons (Fsp3) is 0. The van der Waals surface area contributed by atoms with E-state index in [2.05, 4.69) is 4.98 Å². The van der Waals surface area contributed by atoms with Crippen molar-refractivity contribution in [3.8, 4) is 11.6 Å². The lowest BCUT2D eigenvalue weighted by Crippen LogP contribution is -2.41. The largest absolute Gasteiger partial charge is 0.430 e. The highest BCUT2D eigenvalue weighted by atomic mass is 35.5. The first-order valence-corrected chi connectivity index (χ1v) is 7.97. The molecule has 0 bridgehead atoms. The Balaban J connectivity index is 1.85. The standard InChI is InChI=1S/C19H13ClN2O4/c20-14-11-12-21-17(13-14)26-19(24)22(15-7-3-1-4-8-15)18(23)25-16-9-5-2-6-10-16/h1-13H. The van der Waals surface area contributed by atoms with Crippen molar-refractivity contribution in [1.29, 1.82) is 0 Å². The van der Waals surface area contributed by atoms with Crippen LogP contribution in [0.25, 0.3) is 0 Å². The smallest absolute Gasteiger partial charge is 0.410 e. The van der Waals surface area contributed by atoms with E-state index in [4.69, 9.17) is 21.1 Å². The summed E-state index contributed by atoms with van der Waals surface area (Å²) < 4.78 is 10.4. The average Bonchev–Trinajstić information content (AvgIpc) is 2.63. The van der Waals surface area contributed by atoms with E-state index in [1.165, 1.54) is 18.3 Å². The highest BCUT2D eigenvalue weighted by Gasteiger charge is 2.28. The predicted molar refractivity (Wildman–Crippen MR) is 96.7 cm³/mol. The molecule has 3 rings (SSSR count). The normalized spacial score (nSPS) is 10.0. The number of hydrogen-bond acceptors (Lipinski definition) is 5. The van der Waals surface area contributed by atoms with Crippen molar-refractivity contribution in [1.82, 2.24) is 4.98 Å². The summed E-state index contributed by atoms with van der Waals surface area (Å²) in [6.45, 7) is 0. The summed E-state index contributed by atoms with van der Waals surface area (Å²) in [6, 6.07) is 19.6. The van der Waals surface area contributed by atoms with Crippen molar-refractivity contribution >= 4 is 29.5 Å². The second-order valence-corrected chi connectivity index (χ2v) is 5.47. The number of benzene rings is 2. The van der Waals surface area contributed by atoms with Gasteiger partial charge in [0.2, 0.25) is 5.88 Å². The van der Waals surface area contributed by atoms with Gasteiger partial charge in [-0.3, -0.25) is 0 Å². The maximum atomic E-state index is 12.6. The molecule has 7 heteroatoms. The number of aromatic nitrogens is 1. The van der Waals surface area contributed by atoms with Crippen molar-refractivity contribution in [3.05, 3.63) is 84.0 Å². The number of halogens is 1. The summed E-state index contributed by atoms with van der Waals surface area (Å²) in [5.74, 6) is 0.267. The van der Waals surface area contributed by atoms with Crippen LogP contribution >= 0.6 is 11.6 Å². The number of amides is 2. The van der Waals surface area contributed by atoms with Gasteiger partial charge in [0.15, 0.2) is 0 Å². The Morgan fingerprint density at radius 2 is 1.46 bits per heavy atom. The number of imide groups is 1. The van der Waals surface area contributed by atoms with Crippen LogP contribution < -0.4 is 14.4 Å². The molecule has 0 saturated carbocycles. The van der Waals surface area contributed by atoms with Gasteiger partial charge in [-0.1, -0.05) is 48.0 Å². The summed E-state index contributed by atoms with van der Waals surface area (Å²) in [4.78, 5) is 29.8. The molecule has 1 aromatic heterocycles. The molecule has 2 amide bonds. The van der Waals surface area contributed by atoms with Gasteiger partial charge in [0.05, 0.1) is 5.69 Å². The van der Waals surface area contributed by atoms with Crippen LogP contribution in [0.5, 0.6) is 11.6 Å². The molecule has 3 aromatic rings. The molecule has 0 radical (unpaired) electrons. The number of pyridine rings is 1. The number of carbonyl (C=O) groups is 2. The molecule has 1 heterocycles. The SMILES string of the molecule is O=C(Oc1ccccc1)N(C(=O)Oc1cc(Cl)ccn1)c1ccccc1. The number of anilines is 1. The van der Waals surface area contributed by atoms with Gasteiger partial charge in [-0.2, -0.15) is 4.90 Å². The molecule has 0 fully saturated rings. The quantitative estimate of drug-likeness (QED) is 0.655. The van der Waals surface area contributed by atoms with Crippen LogP contribution in [0.1, 0.15) is 0 Å². The maximum Gasteiger partial charge on any atom is 0.430 e. The molecule has 0 atom stereocenters. The minimum Gasteiger partial charge on any atom is -0.410 e. The highest BCUT2D eigenvalue weighted by molar-refractivity contribution is 6.30. The number of para-hydroxylation sites is 2. The minimum absolute atomic E-state index is 0.0315. The van der Waals surface area contributed by atoms with Gasteiger partial charge in [0.25, 0.3) is 0 Å². The van der Waals surface area contributed by atoms with E-state index >= 15 is 0 Å². The summed E-state index contributed by atoms with van der Waals surface area (Å²) >= 11 is 5.86.